The van der Waals surface area contributed by atoms with Gasteiger partial charge in [-0.3, -0.25) is 4.90 Å². The molecule has 1 N–H and O–H groups in total. The molecule has 0 atom stereocenters. The highest BCUT2D eigenvalue weighted by molar-refractivity contribution is 6.04. The number of ether oxygens (including phenoxy) is 1. The smallest absolute Gasteiger partial charge is 0.119 e. The Morgan fingerprint density at radius 1 is 0.886 bits per heavy atom. The molecule has 0 unspecified atom stereocenters. The molecule has 1 aliphatic carbocycles. The lowest BCUT2D eigenvalue weighted by Gasteiger charge is -2.26. The molecule has 4 aromatic rings. The van der Waals surface area contributed by atoms with Gasteiger partial charge in [0.05, 0.1) is 0 Å². The second-order valence-electron chi connectivity index (χ2n) is 9.57. The van der Waals surface area contributed by atoms with Gasteiger partial charge in [0.15, 0.2) is 0 Å². The van der Waals surface area contributed by atoms with Gasteiger partial charge >= 0.3 is 0 Å². The summed E-state index contributed by atoms with van der Waals surface area (Å²) in [5, 5.41) is 15.5. The molecule has 0 spiro atoms. The first-order valence-corrected chi connectivity index (χ1v) is 12.4. The lowest BCUT2D eigenvalue weighted by atomic mass is 9.90. The first kappa shape index (κ1) is 21.8. The first-order valence-electron chi connectivity index (χ1n) is 12.4. The van der Waals surface area contributed by atoms with Gasteiger partial charge in [-0.1, -0.05) is 30.7 Å². The van der Waals surface area contributed by atoms with Gasteiger partial charge in [-0.15, -0.1) is 4.91 Å². The minimum atomic E-state index is 0.249. The number of benzene rings is 4. The van der Waals surface area contributed by atoms with Crippen LogP contribution >= 0.6 is 0 Å². The molecule has 176 valence electrons. The zero-order valence-corrected chi connectivity index (χ0v) is 19.7. The zero-order valence-electron chi connectivity index (χ0n) is 19.7. The van der Waals surface area contributed by atoms with Crippen LogP contribution in [0.25, 0.3) is 33.0 Å². The maximum Gasteiger partial charge on any atom is 0.119 e. The van der Waals surface area contributed by atoms with E-state index >= 15 is 0 Å². The van der Waals surface area contributed by atoms with E-state index in [1.165, 1.54) is 43.5 Å². The number of hydrogen-bond donors (Lipinski definition) is 1. The number of nitrogens with zero attached hydrogens (tertiary/aromatic N) is 2. The van der Waals surface area contributed by atoms with Crippen molar-refractivity contribution in [2.75, 3.05) is 26.2 Å². The maximum atomic E-state index is 11.1. The van der Waals surface area contributed by atoms with E-state index in [2.05, 4.69) is 28.3 Å². The summed E-state index contributed by atoms with van der Waals surface area (Å²) in [4.78, 5) is 13.6. The summed E-state index contributed by atoms with van der Waals surface area (Å²) >= 11 is 0. The number of aromatic hydroxyl groups is 1. The SMILES string of the molecule is O=Nc1ccc2c(c1)Cc1c-2cc2ccc(O)cc2c1-c1ccc(OCCN2CCCCC2)cc1. The Morgan fingerprint density at radius 3 is 2.51 bits per heavy atom. The molecule has 1 heterocycles. The van der Waals surface area contributed by atoms with Crippen molar-refractivity contribution in [2.24, 2.45) is 5.18 Å². The molecular weight excluding hydrogens is 436 g/mol. The van der Waals surface area contributed by atoms with E-state index in [1.54, 1.807) is 12.1 Å². The van der Waals surface area contributed by atoms with Crippen LogP contribution in [0.5, 0.6) is 11.5 Å². The van der Waals surface area contributed by atoms with E-state index in [0.717, 1.165) is 51.7 Å². The summed E-state index contributed by atoms with van der Waals surface area (Å²) < 4.78 is 6.05. The minimum Gasteiger partial charge on any atom is -0.508 e. The van der Waals surface area contributed by atoms with Crippen molar-refractivity contribution in [3.63, 3.8) is 0 Å². The van der Waals surface area contributed by atoms with Crippen LogP contribution in [-0.2, 0) is 6.42 Å². The first-order chi connectivity index (χ1) is 17.2. The normalized spacial score (nSPS) is 15.1. The molecule has 0 bridgehead atoms. The van der Waals surface area contributed by atoms with Crippen molar-refractivity contribution in [1.29, 1.82) is 0 Å². The molecule has 0 radical (unpaired) electrons. The van der Waals surface area contributed by atoms with Crippen molar-refractivity contribution in [3.8, 4) is 33.8 Å². The summed E-state index contributed by atoms with van der Waals surface area (Å²) in [7, 11) is 0. The minimum absolute atomic E-state index is 0.249. The van der Waals surface area contributed by atoms with E-state index in [9.17, 15) is 10.0 Å². The molecule has 0 aromatic heterocycles. The number of phenolic OH excluding ortho intramolecular Hbond substituents is 1. The van der Waals surface area contributed by atoms with Crippen LogP contribution in [0.3, 0.4) is 0 Å². The van der Waals surface area contributed by atoms with Gasteiger partial charge in [0.1, 0.15) is 23.8 Å². The molecule has 6 rings (SSSR count). The number of hydrogen-bond acceptors (Lipinski definition) is 5. The highest BCUT2D eigenvalue weighted by atomic mass is 16.5. The quantitative estimate of drug-likeness (QED) is 0.274. The Morgan fingerprint density at radius 2 is 1.71 bits per heavy atom. The lowest BCUT2D eigenvalue weighted by Crippen LogP contribution is -2.33. The third-order valence-corrected chi connectivity index (χ3v) is 7.35. The lowest BCUT2D eigenvalue weighted by molar-refractivity contribution is 0.183. The fourth-order valence-corrected chi connectivity index (χ4v) is 5.61. The number of likely N-dealkylation sites (tertiary alicyclic amines) is 1. The van der Waals surface area contributed by atoms with Crippen molar-refractivity contribution in [2.45, 2.75) is 25.7 Å². The Balaban J connectivity index is 1.34. The molecule has 5 heteroatoms. The Kier molecular flexibility index (Phi) is 5.71. The highest BCUT2D eigenvalue weighted by Crippen LogP contribution is 2.47. The Hall–Kier alpha value is -3.70. The van der Waals surface area contributed by atoms with E-state index in [1.807, 2.05) is 36.4 Å². The second-order valence-corrected chi connectivity index (χ2v) is 9.57. The summed E-state index contributed by atoms with van der Waals surface area (Å²) in [5.74, 6) is 1.12. The molecule has 35 heavy (non-hydrogen) atoms. The topological polar surface area (TPSA) is 62.1 Å². The van der Waals surface area contributed by atoms with Crippen LogP contribution in [0.1, 0.15) is 30.4 Å². The summed E-state index contributed by atoms with van der Waals surface area (Å²) in [5.41, 5.74) is 7.28. The van der Waals surface area contributed by atoms with E-state index in [0.29, 0.717) is 12.3 Å². The van der Waals surface area contributed by atoms with Crippen LogP contribution in [-0.4, -0.2) is 36.2 Å². The summed E-state index contributed by atoms with van der Waals surface area (Å²) in [6.07, 6.45) is 4.64. The van der Waals surface area contributed by atoms with Crippen LogP contribution in [0.4, 0.5) is 5.69 Å². The molecule has 1 saturated heterocycles. The third-order valence-electron chi connectivity index (χ3n) is 7.35. The summed E-state index contributed by atoms with van der Waals surface area (Å²) in [6.45, 7) is 4.01. The molecule has 1 aliphatic heterocycles. The fraction of sp³-hybridized carbons (Fsp3) is 0.267. The number of rotatable bonds is 6. The van der Waals surface area contributed by atoms with Crippen molar-refractivity contribution in [3.05, 3.63) is 82.8 Å². The third kappa shape index (κ3) is 4.17. The molecule has 4 aromatic carbocycles. The Bertz CT molecular complexity index is 1410. The standard InChI is InChI=1S/C30H28N2O3/c33-24-8-4-21-17-28-26-11-7-23(31-34)16-22(26)18-29(28)30(27(21)19-24)20-5-9-25(10-6-20)35-15-14-32-12-2-1-3-13-32/h4-11,16-17,19,33H,1-3,12-15,18H2. The fourth-order valence-electron chi connectivity index (χ4n) is 5.61. The number of phenols is 1. The predicted molar refractivity (Wildman–Crippen MR) is 141 cm³/mol. The van der Waals surface area contributed by atoms with Crippen molar-refractivity contribution in [1.82, 2.24) is 4.90 Å². The van der Waals surface area contributed by atoms with E-state index in [-0.39, 0.29) is 5.75 Å². The monoisotopic (exact) mass is 464 g/mol. The zero-order chi connectivity index (χ0) is 23.8. The van der Waals surface area contributed by atoms with Crippen molar-refractivity contribution < 1.29 is 9.84 Å². The van der Waals surface area contributed by atoms with Crippen LogP contribution in [0.2, 0.25) is 0 Å². The van der Waals surface area contributed by atoms with Gasteiger partial charge in [0.2, 0.25) is 0 Å². The highest BCUT2D eigenvalue weighted by Gasteiger charge is 2.24. The van der Waals surface area contributed by atoms with Gasteiger partial charge in [-0.25, -0.2) is 0 Å². The van der Waals surface area contributed by atoms with E-state index < -0.39 is 0 Å². The number of fused-ring (bicyclic) bond motifs is 4. The molecule has 1 fully saturated rings. The van der Waals surface area contributed by atoms with Gasteiger partial charge in [-0.2, -0.15) is 0 Å². The van der Waals surface area contributed by atoms with Gasteiger partial charge in [0, 0.05) is 6.54 Å². The van der Waals surface area contributed by atoms with Gasteiger partial charge < -0.3 is 9.84 Å². The summed E-state index contributed by atoms with van der Waals surface area (Å²) in [6, 6.07) is 21.7. The van der Waals surface area contributed by atoms with E-state index in [4.69, 9.17) is 4.74 Å². The second kappa shape index (κ2) is 9.16. The van der Waals surface area contributed by atoms with Gasteiger partial charge in [0.25, 0.3) is 0 Å². The average molecular weight is 465 g/mol. The molecule has 5 nitrogen and oxygen atoms in total. The largest absolute Gasteiger partial charge is 0.508 e. The molecule has 0 amide bonds. The average Bonchev–Trinajstić information content (AvgIpc) is 3.25. The van der Waals surface area contributed by atoms with Crippen LogP contribution < -0.4 is 4.74 Å². The van der Waals surface area contributed by atoms with Crippen LogP contribution in [0, 0.1) is 4.91 Å². The molecular formula is C30H28N2O3. The number of piperidine rings is 1. The Labute approximate surface area is 204 Å². The number of nitroso groups, excluding NO2 is 1. The maximum absolute atomic E-state index is 11.1. The molecule has 0 saturated carbocycles. The van der Waals surface area contributed by atoms with Gasteiger partial charge in [-0.05, 0) is 124 Å². The predicted octanol–water partition coefficient (Wildman–Crippen LogP) is 7.05. The van der Waals surface area contributed by atoms with Crippen LogP contribution in [0.15, 0.2) is 71.9 Å². The van der Waals surface area contributed by atoms with Crippen molar-refractivity contribution >= 4 is 16.5 Å². The molecule has 2 aliphatic rings.